The lowest BCUT2D eigenvalue weighted by Gasteiger charge is -2.36. The maximum atomic E-state index is 12.5. The lowest BCUT2D eigenvalue weighted by atomic mass is 10.2. The summed E-state index contributed by atoms with van der Waals surface area (Å²) in [6.07, 6.45) is 0. The monoisotopic (exact) mass is 306 g/mol. The molecule has 1 saturated heterocycles. The van der Waals surface area contributed by atoms with E-state index in [9.17, 15) is 9.59 Å². The van der Waals surface area contributed by atoms with Crippen molar-refractivity contribution in [2.75, 3.05) is 37.0 Å². The quantitative estimate of drug-likeness (QED) is 0.828. The number of amides is 2. The molecule has 0 saturated carbocycles. The molecule has 3 rings (SSSR count). The summed E-state index contributed by atoms with van der Waals surface area (Å²) in [6.45, 7) is 3.81. The van der Waals surface area contributed by atoms with Crippen molar-refractivity contribution in [1.29, 1.82) is 0 Å². The number of fused-ring (bicyclic) bond motifs is 1. The van der Waals surface area contributed by atoms with Crippen LogP contribution < -0.4 is 4.90 Å². The van der Waals surface area contributed by atoms with Crippen LogP contribution in [-0.4, -0.2) is 54.8 Å². The summed E-state index contributed by atoms with van der Waals surface area (Å²) in [7, 11) is 0. The second-order valence-corrected chi connectivity index (χ2v) is 6.26. The highest BCUT2D eigenvalue weighted by Gasteiger charge is 2.30. The molecular weight excluding hydrogens is 288 g/mol. The van der Waals surface area contributed by atoms with Crippen molar-refractivity contribution >= 4 is 29.3 Å². The first kappa shape index (κ1) is 14.4. The summed E-state index contributed by atoms with van der Waals surface area (Å²) in [4.78, 5) is 29.1. The van der Waals surface area contributed by atoms with Gasteiger partial charge in [0.25, 0.3) is 0 Å². The van der Waals surface area contributed by atoms with E-state index in [-0.39, 0.29) is 24.4 Å². The molecule has 0 N–H and O–H groups in total. The number of morpholine rings is 1. The van der Waals surface area contributed by atoms with Gasteiger partial charge in [0.1, 0.15) is 6.54 Å². The normalized spacial score (nSPS) is 22.1. The van der Waals surface area contributed by atoms with E-state index in [2.05, 4.69) is 0 Å². The molecule has 0 radical (unpaired) electrons. The van der Waals surface area contributed by atoms with Gasteiger partial charge in [0.15, 0.2) is 0 Å². The number of benzene rings is 1. The van der Waals surface area contributed by atoms with Crippen LogP contribution in [0.15, 0.2) is 29.2 Å². The molecule has 2 aliphatic heterocycles. The average molecular weight is 306 g/mol. The smallest absolute Gasteiger partial charge is 0.243 e. The third-order valence-electron chi connectivity index (χ3n) is 3.79. The molecule has 5 nitrogen and oxygen atoms in total. The minimum absolute atomic E-state index is 0.00652. The molecule has 1 aromatic rings. The highest BCUT2D eigenvalue weighted by molar-refractivity contribution is 8.00. The fourth-order valence-corrected chi connectivity index (χ4v) is 3.59. The number of hydrogen-bond acceptors (Lipinski definition) is 4. The minimum atomic E-state index is -0.0131. The predicted molar refractivity (Wildman–Crippen MR) is 81.5 cm³/mol. The maximum absolute atomic E-state index is 12.5. The summed E-state index contributed by atoms with van der Waals surface area (Å²) in [5.41, 5.74) is 0.841. The molecule has 0 aliphatic carbocycles. The number of para-hydroxylation sites is 1. The minimum Gasteiger partial charge on any atom is -0.377 e. The Morgan fingerprint density at radius 3 is 3.05 bits per heavy atom. The Hall–Kier alpha value is -1.53. The van der Waals surface area contributed by atoms with E-state index < -0.39 is 0 Å². The second kappa shape index (κ2) is 6.07. The number of carbonyl (C=O) groups is 2. The van der Waals surface area contributed by atoms with Crippen molar-refractivity contribution in [3.8, 4) is 0 Å². The van der Waals surface area contributed by atoms with Crippen LogP contribution in [0.5, 0.6) is 0 Å². The Balaban J connectivity index is 1.77. The van der Waals surface area contributed by atoms with Crippen LogP contribution in [0.2, 0.25) is 0 Å². The van der Waals surface area contributed by atoms with Gasteiger partial charge < -0.3 is 14.5 Å². The Kier molecular flexibility index (Phi) is 4.17. The highest BCUT2D eigenvalue weighted by Crippen LogP contribution is 2.34. The zero-order chi connectivity index (χ0) is 14.8. The maximum Gasteiger partial charge on any atom is 0.243 e. The van der Waals surface area contributed by atoms with Crippen LogP contribution in [0.25, 0.3) is 0 Å². The summed E-state index contributed by atoms with van der Waals surface area (Å²) < 4.78 is 5.35. The van der Waals surface area contributed by atoms with E-state index in [0.717, 1.165) is 10.6 Å². The van der Waals surface area contributed by atoms with E-state index in [1.165, 1.54) is 11.8 Å². The summed E-state index contributed by atoms with van der Waals surface area (Å²) >= 11 is 1.53. The van der Waals surface area contributed by atoms with E-state index >= 15 is 0 Å². The lowest BCUT2D eigenvalue weighted by molar-refractivity contribution is -0.138. The van der Waals surface area contributed by atoms with Crippen molar-refractivity contribution in [1.82, 2.24) is 4.90 Å². The van der Waals surface area contributed by atoms with Gasteiger partial charge in [-0.15, -0.1) is 11.8 Å². The van der Waals surface area contributed by atoms with Crippen molar-refractivity contribution in [2.24, 2.45) is 0 Å². The zero-order valence-corrected chi connectivity index (χ0v) is 12.8. The van der Waals surface area contributed by atoms with Crippen molar-refractivity contribution in [3.63, 3.8) is 0 Å². The first-order chi connectivity index (χ1) is 10.2. The first-order valence-corrected chi connectivity index (χ1v) is 8.05. The van der Waals surface area contributed by atoms with Crippen LogP contribution in [0.3, 0.4) is 0 Å². The SMILES string of the molecule is C[C@H]1COCCN1C(=O)CN1C(=O)CSc2ccccc21. The number of thioether (sulfide) groups is 1. The second-order valence-electron chi connectivity index (χ2n) is 5.25. The molecule has 0 unspecified atom stereocenters. The van der Waals surface area contributed by atoms with Gasteiger partial charge in [-0.2, -0.15) is 0 Å². The third kappa shape index (κ3) is 2.91. The van der Waals surface area contributed by atoms with Gasteiger partial charge in [0, 0.05) is 11.4 Å². The van der Waals surface area contributed by atoms with Gasteiger partial charge in [0.2, 0.25) is 11.8 Å². The largest absolute Gasteiger partial charge is 0.377 e. The van der Waals surface area contributed by atoms with Gasteiger partial charge in [0.05, 0.1) is 30.7 Å². The molecule has 112 valence electrons. The van der Waals surface area contributed by atoms with E-state index in [4.69, 9.17) is 4.74 Å². The van der Waals surface area contributed by atoms with Gasteiger partial charge in [-0.1, -0.05) is 12.1 Å². The van der Waals surface area contributed by atoms with Crippen molar-refractivity contribution < 1.29 is 14.3 Å². The number of carbonyl (C=O) groups excluding carboxylic acids is 2. The number of hydrogen-bond donors (Lipinski definition) is 0. The van der Waals surface area contributed by atoms with Gasteiger partial charge >= 0.3 is 0 Å². The van der Waals surface area contributed by atoms with E-state index in [0.29, 0.717) is 25.5 Å². The Bertz CT molecular complexity index is 564. The molecule has 2 amide bonds. The number of rotatable bonds is 2. The van der Waals surface area contributed by atoms with E-state index in [1.807, 2.05) is 31.2 Å². The fourth-order valence-electron chi connectivity index (χ4n) is 2.65. The van der Waals surface area contributed by atoms with Crippen molar-refractivity contribution in [2.45, 2.75) is 17.9 Å². The molecule has 1 aromatic carbocycles. The van der Waals surface area contributed by atoms with Crippen LogP contribution >= 0.6 is 11.8 Å². The van der Waals surface area contributed by atoms with Gasteiger partial charge in [-0.05, 0) is 19.1 Å². The Labute approximate surface area is 128 Å². The highest BCUT2D eigenvalue weighted by atomic mass is 32.2. The molecule has 1 fully saturated rings. The molecule has 0 bridgehead atoms. The summed E-state index contributed by atoms with van der Waals surface area (Å²) in [5, 5.41) is 0. The van der Waals surface area contributed by atoms with Crippen LogP contribution in [0, 0.1) is 0 Å². The van der Waals surface area contributed by atoms with Crippen LogP contribution in [-0.2, 0) is 14.3 Å². The van der Waals surface area contributed by atoms with Gasteiger partial charge in [-0.25, -0.2) is 0 Å². The Morgan fingerprint density at radius 2 is 2.24 bits per heavy atom. The topological polar surface area (TPSA) is 49.9 Å². The molecule has 1 atom stereocenters. The average Bonchev–Trinajstić information content (AvgIpc) is 2.50. The summed E-state index contributed by atoms with van der Waals surface area (Å²) in [5.74, 6) is 0.372. The van der Waals surface area contributed by atoms with Crippen LogP contribution in [0.4, 0.5) is 5.69 Å². The molecule has 21 heavy (non-hydrogen) atoms. The summed E-state index contributed by atoms with van der Waals surface area (Å²) in [6, 6.07) is 7.80. The zero-order valence-electron chi connectivity index (χ0n) is 11.9. The number of ether oxygens (including phenoxy) is 1. The number of anilines is 1. The molecule has 6 heteroatoms. The molecule has 0 aromatic heterocycles. The van der Waals surface area contributed by atoms with Crippen LogP contribution in [0.1, 0.15) is 6.92 Å². The standard InChI is InChI=1S/C15H18N2O3S/c1-11-9-20-7-6-16(11)14(18)8-17-12-4-2-3-5-13(12)21-10-15(17)19/h2-5,11H,6-10H2,1H3/t11-/m0/s1. The molecule has 2 heterocycles. The molecular formula is C15H18N2O3S. The third-order valence-corrected chi connectivity index (χ3v) is 4.84. The van der Waals surface area contributed by atoms with E-state index in [1.54, 1.807) is 9.80 Å². The predicted octanol–water partition coefficient (Wildman–Crippen LogP) is 1.37. The fraction of sp³-hybridized carbons (Fsp3) is 0.467. The lowest BCUT2D eigenvalue weighted by Crippen LogP contribution is -2.52. The molecule has 2 aliphatic rings. The number of nitrogens with zero attached hydrogens (tertiary/aromatic N) is 2. The van der Waals surface area contributed by atoms with Crippen molar-refractivity contribution in [3.05, 3.63) is 24.3 Å². The molecule has 0 spiro atoms. The van der Waals surface area contributed by atoms with Gasteiger partial charge in [-0.3, -0.25) is 9.59 Å². The first-order valence-electron chi connectivity index (χ1n) is 7.06. The Morgan fingerprint density at radius 1 is 1.43 bits per heavy atom.